The summed E-state index contributed by atoms with van der Waals surface area (Å²) in [5.41, 5.74) is 16.2. The lowest BCUT2D eigenvalue weighted by atomic mass is 9.94. The Labute approximate surface area is 395 Å². The van der Waals surface area contributed by atoms with Crippen LogP contribution in [0.25, 0.3) is 104 Å². The van der Waals surface area contributed by atoms with Gasteiger partial charge in [-0.3, -0.25) is 0 Å². The van der Waals surface area contributed by atoms with E-state index >= 15 is 0 Å². The highest BCUT2D eigenvalue weighted by molar-refractivity contribution is 6.10. The maximum Gasteiger partial charge on any atom is 0.0546 e. The van der Waals surface area contributed by atoms with Gasteiger partial charge in [-0.1, -0.05) is 206 Å². The molecule has 1 aromatic heterocycles. The summed E-state index contributed by atoms with van der Waals surface area (Å²) in [6.07, 6.45) is 0. The van der Waals surface area contributed by atoms with Crippen molar-refractivity contribution in [3.63, 3.8) is 0 Å². The molecule has 0 aliphatic carbocycles. The van der Waals surface area contributed by atoms with Gasteiger partial charge in [-0.2, -0.15) is 0 Å². The van der Waals surface area contributed by atoms with E-state index in [1.807, 2.05) is 0 Å². The van der Waals surface area contributed by atoms with Crippen molar-refractivity contribution in [3.8, 4) is 50.2 Å². The van der Waals surface area contributed by atoms with Gasteiger partial charge >= 0.3 is 0 Å². The van der Waals surface area contributed by atoms with Crippen LogP contribution < -0.4 is 4.90 Å². The lowest BCUT2D eigenvalue weighted by Gasteiger charge is -2.29. The van der Waals surface area contributed by atoms with Gasteiger partial charge < -0.3 is 9.47 Å². The van der Waals surface area contributed by atoms with Crippen molar-refractivity contribution >= 4 is 71.2 Å². The Morgan fingerprint density at radius 3 is 1.35 bits per heavy atom. The van der Waals surface area contributed by atoms with Crippen LogP contribution in [0.4, 0.5) is 17.1 Å². The van der Waals surface area contributed by atoms with Crippen LogP contribution in [-0.2, 0) is 0 Å². The first-order chi connectivity index (χ1) is 33.7. The van der Waals surface area contributed by atoms with Crippen molar-refractivity contribution in [3.05, 3.63) is 267 Å². The molecule has 0 amide bonds. The molecule has 12 aromatic carbocycles. The maximum absolute atomic E-state index is 2.45. The average molecular weight is 865 g/mol. The van der Waals surface area contributed by atoms with Crippen LogP contribution in [0.3, 0.4) is 0 Å². The monoisotopic (exact) mass is 864 g/mol. The molecule has 0 radical (unpaired) electrons. The van der Waals surface area contributed by atoms with Gasteiger partial charge in [0.15, 0.2) is 0 Å². The third-order valence-corrected chi connectivity index (χ3v) is 13.8. The fourth-order valence-electron chi connectivity index (χ4n) is 10.4. The molecular weight excluding hydrogens is 821 g/mol. The Balaban J connectivity index is 1.00. The third kappa shape index (κ3) is 6.82. The smallest absolute Gasteiger partial charge is 0.0546 e. The molecular formula is C66H44N2. The van der Waals surface area contributed by atoms with Crippen LogP contribution in [0, 0.1) is 0 Å². The number of hydrogen-bond donors (Lipinski definition) is 0. The average Bonchev–Trinajstić information content (AvgIpc) is 3.75. The van der Waals surface area contributed by atoms with Gasteiger partial charge in [-0.05, 0) is 126 Å². The number of para-hydroxylation sites is 3. The summed E-state index contributed by atoms with van der Waals surface area (Å²) in [5.74, 6) is 0. The van der Waals surface area contributed by atoms with Gasteiger partial charge in [0, 0.05) is 33.3 Å². The predicted octanol–water partition coefficient (Wildman–Crippen LogP) is 18.4. The fourth-order valence-corrected chi connectivity index (χ4v) is 10.4. The van der Waals surface area contributed by atoms with E-state index in [-0.39, 0.29) is 0 Å². The molecule has 0 spiro atoms. The topological polar surface area (TPSA) is 8.17 Å². The van der Waals surface area contributed by atoms with E-state index in [4.69, 9.17) is 0 Å². The Kier molecular flexibility index (Phi) is 9.54. The normalized spacial score (nSPS) is 11.5. The molecule has 0 saturated carbocycles. The van der Waals surface area contributed by atoms with Crippen LogP contribution in [-0.4, -0.2) is 4.57 Å². The Hall–Kier alpha value is -8.98. The molecule has 0 N–H and O–H groups in total. The van der Waals surface area contributed by atoms with Crippen LogP contribution in [0.5, 0.6) is 0 Å². The van der Waals surface area contributed by atoms with Crippen molar-refractivity contribution in [1.29, 1.82) is 0 Å². The second kappa shape index (κ2) is 16.5. The molecule has 0 unspecified atom stereocenters. The van der Waals surface area contributed by atoms with Crippen molar-refractivity contribution in [2.45, 2.75) is 0 Å². The van der Waals surface area contributed by atoms with E-state index in [1.54, 1.807) is 0 Å². The van der Waals surface area contributed by atoms with Gasteiger partial charge in [0.1, 0.15) is 0 Å². The van der Waals surface area contributed by atoms with Gasteiger partial charge in [0.2, 0.25) is 0 Å². The number of anilines is 3. The molecule has 0 aliphatic heterocycles. The second-order valence-electron chi connectivity index (χ2n) is 17.7. The zero-order chi connectivity index (χ0) is 45.0. The molecule has 13 rings (SSSR count). The summed E-state index contributed by atoms with van der Waals surface area (Å²) in [6.45, 7) is 0. The van der Waals surface area contributed by atoms with Crippen molar-refractivity contribution in [2.24, 2.45) is 0 Å². The first-order valence-electron chi connectivity index (χ1n) is 23.4. The Morgan fingerprint density at radius 2 is 0.691 bits per heavy atom. The number of benzene rings is 12. The minimum Gasteiger partial charge on any atom is -0.310 e. The lowest BCUT2D eigenvalue weighted by molar-refractivity contribution is 1.18. The minimum atomic E-state index is 1.07. The van der Waals surface area contributed by atoms with E-state index < -0.39 is 0 Å². The molecule has 318 valence electrons. The molecule has 2 heteroatoms. The highest BCUT2D eigenvalue weighted by Gasteiger charge is 2.21. The maximum atomic E-state index is 2.45. The quantitative estimate of drug-likeness (QED) is 0.148. The number of rotatable bonds is 8. The van der Waals surface area contributed by atoms with E-state index in [1.165, 1.54) is 76.4 Å². The van der Waals surface area contributed by atoms with E-state index in [9.17, 15) is 0 Å². The molecule has 1 heterocycles. The largest absolute Gasteiger partial charge is 0.310 e. The van der Waals surface area contributed by atoms with Crippen LogP contribution in [0.1, 0.15) is 0 Å². The van der Waals surface area contributed by atoms with Gasteiger partial charge in [0.25, 0.3) is 0 Å². The Bertz CT molecular complexity index is 3970. The van der Waals surface area contributed by atoms with Crippen LogP contribution in [0.15, 0.2) is 267 Å². The highest BCUT2D eigenvalue weighted by Crippen LogP contribution is 2.45. The van der Waals surface area contributed by atoms with Crippen molar-refractivity contribution in [1.82, 2.24) is 4.57 Å². The summed E-state index contributed by atoms with van der Waals surface area (Å²) in [6, 6.07) is 97.7. The molecule has 0 fully saturated rings. The van der Waals surface area contributed by atoms with Gasteiger partial charge in [-0.25, -0.2) is 0 Å². The summed E-state index contributed by atoms with van der Waals surface area (Å²) in [5, 5.41) is 9.89. The number of fused-ring (bicyclic) bond motifs is 6. The summed E-state index contributed by atoms with van der Waals surface area (Å²) in [4.78, 5) is 2.45. The van der Waals surface area contributed by atoms with Crippen LogP contribution >= 0.6 is 0 Å². The lowest BCUT2D eigenvalue weighted by Crippen LogP contribution is -2.11. The first kappa shape index (κ1) is 39.4. The van der Waals surface area contributed by atoms with Crippen LogP contribution in [0.2, 0.25) is 0 Å². The minimum absolute atomic E-state index is 1.07. The Morgan fingerprint density at radius 1 is 0.250 bits per heavy atom. The molecule has 13 aromatic rings. The summed E-state index contributed by atoms with van der Waals surface area (Å²) >= 11 is 0. The van der Waals surface area contributed by atoms with Gasteiger partial charge in [0.05, 0.1) is 22.4 Å². The zero-order valence-electron chi connectivity index (χ0n) is 37.3. The number of aromatic nitrogens is 1. The zero-order valence-corrected chi connectivity index (χ0v) is 37.3. The molecule has 0 atom stereocenters. The van der Waals surface area contributed by atoms with Crippen molar-refractivity contribution < 1.29 is 0 Å². The SMILES string of the molecule is c1ccc(-n2c3ccccc3c3ccccc32)c(-c2ccc(N(c3ccc(-c4cccc5ccccc45)cc3)c3cc(-c4ccc5ccccc5c4)ccc3-c3ccc4ccccc4c3)cc2)c1. The number of hydrogen-bond acceptors (Lipinski definition) is 1. The molecule has 2 nitrogen and oxygen atoms in total. The molecule has 0 saturated heterocycles. The number of nitrogens with zero attached hydrogens (tertiary/aromatic N) is 2. The first-order valence-corrected chi connectivity index (χ1v) is 23.4. The highest BCUT2D eigenvalue weighted by atomic mass is 15.1. The summed E-state index contributed by atoms with van der Waals surface area (Å²) < 4.78 is 2.42. The second-order valence-corrected chi connectivity index (χ2v) is 17.7. The summed E-state index contributed by atoms with van der Waals surface area (Å²) in [7, 11) is 0. The third-order valence-electron chi connectivity index (χ3n) is 13.8. The van der Waals surface area contributed by atoms with E-state index in [0.717, 1.165) is 45.0 Å². The van der Waals surface area contributed by atoms with E-state index in [0.29, 0.717) is 0 Å². The fraction of sp³-hybridized carbons (Fsp3) is 0. The molecule has 0 bridgehead atoms. The molecule has 68 heavy (non-hydrogen) atoms. The predicted molar refractivity (Wildman–Crippen MR) is 290 cm³/mol. The molecule has 0 aliphatic rings. The van der Waals surface area contributed by atoms with E-state index in [2.05, 4.69) is 276 Å². The van der Waals surface area contributed by atoms with Crippen molar-refractivity contribution in [2.75, 3.05) is 4.90 Å². The van der Waals surface area contributed by atoms with Gasteiger partial charge in [-0.15, -0.1) is 0 Å². The standard InChI is InChI=1S/C66H44N2/c1-3-17-50-42-52(30-28-45(50)14-1)53-36-41-60(54-31-29-46-15-2-4-18-51(46)43-54)66(44-53)67(55-37-32-48(33-38-55)58-24-13-19-47-16-5-6-20-57(47)58)56-39-34-49(35-40-56)59-21-7-10-25-63(59)68-64-26-11-8-22-61(64)62-23-9-12-27-65(62)68/h1-44H.